The molecule has 1 aliphatic rings. The third-order valence-electron chi connectivity index (χ3n) is 3.52. The molecule has 1 aliphatic carbocycles. The van der Waals surface area contributed by atoms with E-state index in [1.165, 1.54) is 45.2 Å². The highest BCUT2D eigenvalue weighted by molar-refractivity contribution is 4.89. The zero-order valence-corrected chi connectivity index (χ0v) is 12.3. The first-order valence-corrected chi connectivity index (χ1v) is 7.65. The lowest BCUT2D eigenvalue weighted by Gasteiger charge is -2.32. The lowest BCUT2D eigenvalue weighted by Crippen LogP contribution is -2.44. The van der Waals surface area contributed by atoms with E-state index >= 15 is 0 Å². The fourth-order valence-electron chi connectivity index (χ4n) is 2.58. The van der Waals surface area contributed by atoms with Gasteiger partial charge in [-0.05, 0) is 44.7 Å². The van der Waals surface area contributed by atoms with Gasteiger partial charge in [0.05, 0.1) is 0 Å². The van der Waals surface area contributed by atoms with E-state index in [4.69, 9.17) is 0 Å². The number of nitrogens with zero attached hydrogens (tertiary/aromatic N) is 1. The van der Waals surface area contributed by atoms with Gasteiger partial charge in [-0.15, -0.1) is 0 Å². The van der Waals surface area contributed by atoms with E-state index in [0.29, 0.717) is 0 Å². The van der Waals surface area contributed by atoms with Crippen LogP contribution in [0.4, 0.5) is 0 Å². The third kappa shape index (κ3) is 5.87. The first-order valence-electron chi connectivity index (χ1n) is 7.65. The molecule has 1 rings (SSSR count). The number of hydrogen-bond donors (Lipinski definition) is 1. The van der Waals surface area contributed by atoms with Crippen molar-refractivity contribution < 1.29 is 0 Å². The molecule has 0 aromatic carbocycles. The Morgan fingerprint density at radius 3 is 2.29 bits per heavy atom. The van der Waals surface area contributed by atoms with Gasteiger partial charge in [-0.25, -0.2) is 0 Å². The summed E-state index contributed by atoms with van der Waals surface area (Å²) in [5.74, 6) is 0.762. The van der Waals surface area contributed by atoms with Crippen LogP contribution in [0.2, 0.25) is 0 Å². The molecule has 0 saturated heterocycles. The summed E-state index contributed by atoms with van der Waals surface area (Å²) in [6, 6.07) is 1.68. The quantitative estimate of drug-likeness (QED) is 0.630. The average Bonchev–Trinajstić information content (AvgIpc) is 3.08. The molecular weight excluding hydrogens is 208 g/mol. The molecule has 17 heavy (non-hydrogen) atoms. The van der Waals surface area contributed by atoms with Crippen LogP contribution in [0.25, 0.3) is 0 Å². The Morgan fingerprint density at radius 2 is 1.82 bits per heavy atom. The minimum Gasteiger partial charge on any atom is -0.315 e. The van der Waals surface area contributed by atoms with Crippen molar-refractivity contribution >= 4 is 0 Å². The lowest BCUT2D eigenvalue weighted by molar-refractivity contribution is 0.171. The van der Waals surface area contributed by atoms with E-state index in [2.05, 4.69) is 37.9 Å². The number of rotatable bonds is 10. The van der Waals surface area contributed by atoms with Crippen LogP contribution in [-0.4, -0.2) is 36.6 Å². The smallest absolute Gasteiger partial charge is 0.0223 e. The maximum Gasteiger partial charge on any atom is 0.0223 e. The van der Waals surface area contributed by atoms with Gasteiger partial charge in [0.2, 0.25) is 0 Å². The largest absolute Gasteiger partial charge is 0.315 e. The molecule has 0 aliphatic heterocycles. The van der Waals surface area contributed by atoms with Gasteiger partial charge in [-0.3, -0.25) is 4.90 Å². The van der Waals surface area contributed by atoms with Crippen LogP contribution in [0, 0.1) is 5.92 Å². The summed E-state index contributed by atoms with van der Waals surface area (Å²) in [6.07, 6.45) is 6.82. The summed E-state index contributed by atoms with van der Waals surface area (Å²) in [6.45, 7) is 12.8. The van der Waals surface area contributed by atoms with Gasteiger partial charge in [0.25, 0.3) is 0 Å². The van der Waals surface area contributed by atoms with Crippen molar-refractivity contribution in [3.8, 4) is 0 Å². The summed E-state index contributed by atoms with van der Waals surface area (Å²) >= 11 is 0. The highest BCUT2D eigenvalue weighted by Gasteiger charge is 2.32. The summed E-state index contributed by atoms with van der Waals surface area (Å²) in [7, 11) is 0. The molecule has 0 aromatic heterocycles. The molecule has 0 bridgehead atoms. The first kappa shape index (κ1) is 15.0. The fraction of sp³-hybridized carbons (Fsp3) is 1.00. The van der Waals surface area contributed by atoms with Crippen molar-refractivity contribution in [3.63, 3.8) is 0 Å². The van der Waals surface area contributed by atoms with E-state index in [-0.39, 0.29) is 0 Å². The second kappa shape index (κ2) is 8.10. The summed E-state index contributed by atoms with van der Waals surface area (Å²) in [5.41, 5.74) is 0. The molecule has 0 aromatic rings. The maximum absolute atomic E-state index is 3.65. The number of nitrogens with one attached hydrogen (secondary N) is 1. The average molecular weight is 240 g/mol. The molecule has 0 spiro atoms. The monoisotopic (exact) mass is 240 g/mol. The predicted octanol–water partition coefficient (Wildman–Crippen LogP) is 3.28. The van der Waals surface area contributed by atoms with Crippen LogP contribution in [0.5, 0.6) is 0 Å². The molecule has 102 valence electrons. The van der Waals surface area contributed by atoms with E-state index in [9.17, 15) is 0 Å². The van der Waals surface area contributed by atoms with Gasteiger partial charge in [0, 0.05) is 18.6 Å². The maximum atomic E-state index is 3.65. The molecule has 1 N–H and O–H groups in total. The molecule has 1 fully saturated rings. The van der Waals surface area contributed by atoms with E-state index in [1.54, 1.807) is 0 Å². The Hall–Kier alpha value is -0.0800. The van der Waals surface area contributed by atoms with E-state index in [1.807, 2.05) is 0 Å². The number of hydrogen-bond acceptors (Lipinski definition) is 2. The fourth-order valence-corrected chi connectivity index (χ4v) is 2.58. The third-order valence-corrected chi connectivity index (χ3v) is 3.52. The van der Waals surface area contributed by atoms with Crippen molar-refractivity contribution in [2.24, 2.45) is 5.92 Å². The van der Waals surface area contributed by atoms with Gasteiger partial charge in [-0.1, -0.05) is 34.1 Å². The Bertz CT molecular complexity index is 187. The zero-order chi connectivity index (χ0) is 12.7. The standard InChI is InChI=1S/C15H32N2/c1-5-7-15(12-16-11-13(3)4)17(10-6-2)14-8-9-14/h13-16H,5-12H2,1-4H3. The van der Waals surface area contributed by atoms with Crippen LogP contribution in [0.15, 0.2) is 0 Å². The Balaban J connectivity index is 2.37. The summed E-state index contributed by atoms with van der Waals surface area (Å²) in [4.78, 5) is 2.77. The predicted molar refractivity (Wildman–Crippen MR) is 76.4 cm³/mol. The Morgan fingerprint density at radius 1 is 1.12 bits per heavy atom. The van der Waals surface area contributed by atoms with Crippen molar-refractivity contribution in [1.29, 1.82) is 0 Å². The molecule has 2 heteroatoms. The highest BCUT2D eigenvalue weighted by atomic mass is 15.2. The molecule has 0 amide bonds. The van der Waals surface area contributed by atoms with Crippen LogP contribution in [0.3, 0.4) is 0 Å². The summed E-state index contributed by atoms with van der Waals surface area (Å²) in [5, 5.41) is 3.65. The molecule has 2 nitrogen and oxygen atoms in total. The van der Waals surface area contributed by atoms with Crippen molar-refractivity contribution in [2.75, 3.05) is 19.6 Å². The minimum absolute atomic E-state index is 0.762. The summed E-state index contributed by atoms with van der Waals surface area (Å²) < 4.78 is 0. The van der Waals surface area contributed by atoms with E-state index in [0.717, 1.165) is 24.5 Å². The Labute approximate surface area is 108 Å². The van der Waals surface area contributed by atoms with Crippen LogP contribution >= 0.6 is 0 Å². The van der Waals surface area contributed by atoms with Gasteiger partial charge >= 0.3 is 0 Å². The topological polar surface area (TPSA) is 15.3 Å². The lowest BCUT2D eigenvalue weighted by atomic mass is 10.1. The van der Waals surface area contributed by atoms with Gasteiger partial charge in [0.15, 0.2) is 0 Å². The van der Waals surface area contributed by atoms with E-state index < -0.39 is 0 Å². The Kier molecular flexibility index (Phi) is 7.14. The SMILES string of the molecule is CCCC(CNCC(C)C)N(CCC)C1CC1. The molecule has 0 heterocycles. The zero-order valence-electron chi connectivity index (χ0n) is 12.3. The van der Waals surface area contributed by atoms with Gasteiger partial charge < -0.3 is 5.32 Å². The molecule has 1 unspecified atom stereocenters. The van der Waals surface area contributed by atoms with Crippen molar-refractivity contribution in [1.82, 2.24) is 10.2 Å². The van der Waals surface area contributed by atoms with Crippen LogP contribution in [0.1, 0.15) is 59.8 Å². The van der Waals surface area contributed by atoms with Crippen LogP contribution in [-0.2, 0) is 0 Å². The second-order valence-electron chi connectivity index (χ2n) is 5.96. The second-order valence-corrected chi connectivity index (χ2v) is 5.96. The minimum atomic E-state index is 0.762. The van der Waals surface area contributed by atoms with Crippen LogP contribution < -0.4 is 5.32 Å². The highest BCUT2D eigenvalue weighted by Crippen LogP contribution is 2.29. The normalized spacial score (nSPS) is 18.0. The van der Waals surface area contributed by atoms with Gasteiger partial charge in [0.1, 0.15) is 0 Å². The molecule has 1 saturated carbocycles. The molecular formula is C15H32N2. The molecule has 0 radical (unpaired) electrons. The van der Waals surface area contributed by atoms with Gasteiger partial charge in [-0.2, -0.15) is 0 Å². The van der Waals surface area contributed by atoms with Crippen molar-refractivity contribution in [3.05, 3.63) is 0 Å². The first-order chi connectivity index (χ1) is 8.19. The molecule has 1 atom stereocenters. The van der Waals surface area contributed by atoms with Crippen molar-refractivity contribution in [2.45, 2.75) is 71.9 Å².